The van der Waals surface area contributed by atoms with Crippen molar-refractivity contribution in [1.29, 1.82) is 0 Å². The Morgan fingerprint density at radius 1 is 1.64 bits per heavy atom. The predicted octanol–water partition coefficient (Wildman–Crippen LogP) is 2.59. The second-order valence-corrected chi connectivity index (χ2v) is 3.54. The third-order valence-corrected chi connectivity index (χ3v) is 2.35. The standard InChI is InChI=1S/C9H15ClO/c1-3-4-7(2)5-8-9(6-10)11-8/h3,7-9H,1,4-6H2,2H3/t7-,8-,9-/m1/s1. The van der Waals surface area contributed by atoms with Crippen LogP contribution in [0.1, 0.15) is 19.8 Å². The van der Waals surface area contributed by atoms with Gasteiger partial charge in [-0.1, -0.05) is 13.0 Å². The maximum absolute atomic E-state index is 5.61. The van der Waals surface area contributed by atoms with Crippen LogP contribution in [0.25, 0.3) is 0 Å². The molecule has 0 saturated carbocycles. The number of hydrogen-bond acceptors (Lipinski definition) is 1. The summed E-state index contributed by atoms with van der Waals surface area (Å²) < 4.78 is 5.32. The van der Waals surface area contributed by atoms with E-state index in [1.54, 1.807) is 0 Å². The van der Waals surface area contributed by atoms with Crippen molar-refractivity contribution in [3.8, 4) is 0 Å². The van der Waals surface area contributed by atoms with Crippen LogP contribution in [0.5, 0.6) is 0 Å². The summed E-state index contributed by atoms with van der Waals surface area (Å²) in [6, 6.07) is 0. The third kappa shape index (κ3) is 2.84. The molecule has 0 amide bonds. The molecule has 0 aromatic carbocycles. The molecule has 0 aliphatic carbocycles. The van der Waals surface area contributed by atoms with Crippen LogP contribution in [0.2, 0.25) is 0 Å². The normalized spacial score (nSPS) is 31.5. The smallest absolute Gasteiger partial charge is 0.0976 e. The van der Waals surface area contributed by atoms with E-state index >= 15 is 0 Å². The highest BCUT2D eigenvalue weighted by atomic mass is 35.5. The fourth-order valence-electron chi connectivity index (χ4n) is 1.30. The van der Waals surface area contributed by atoms with Crippen molar-refractivity contribution in [3.05, 3.63) is 12.7 Å². The van der Waals surface area contributed by atoms with Gasteiger partial charge in [-0.05, 0) is 18.8 Å². The number of hydrogen-bond donors (Lipinski definition) is 0. The molecule has 3 atom stereocenters. The lowest BCUT2D eigenvalue weighted by atomic mass is 10.0. The first-order valence-electron chi connectivity index (χ1n) is 4.10. The number of rotatable bonds is 5. The highest BCUT2D eigenvalue weighted by molar-refractivity contribution is 6.18. The van der Waals surface area contributed by atoms with E-state index in [4.69, 9.17) is 16.3 Å². The Morgan fingerprint density at radius 3 is 2.82 bits per heavy atom. The minimum Gasteiger partial charge on any atom is -0.368 e. The van der Waals surface area contributed by atoms with E-state index in [9.17, 15) is 0 Å². The van der Waals surface area contributed by atoms with Gasteiger partial charge in [0.05, 0.1) is 18.1 Å². The highest BCUT2D eigenvalue weighted by Gasteiger charge is 2.38. The maximum Gasteiger partial charge on any atom is 0.0976 e. The zero-order chi connectivity index (χ0) is 8.27. The second kappa shape index (κ2) is 4.13. The molecule has 2 heteroatoms. The Morgan fingerprint density at radius 2 is 2.36 bits per heavy atom. The molecule has 0 aromatic rings. The van der Waals surface area contributed by atoms with Crippen molar-refractivity contribution in [2.45, 2.75) is 32.0 Å². The Hall–Kier alpha value is -0.0100. The van der Waals surface area contributed by atoms with Crippen molar-refractivity contribution in [3.63, 3.8) is 0 Å². The maximum atomic E-state index is 5.61. The van der Waals surface area contributed by atoms with Crippen molar-refractivity contribution in [2.24, 2.45) is 5.92 Å². The van der Waals surface area contributed by atoms with Crippen LogP contribution in [0.3, 0.4) is 0 Å². The van der Waals surface area contributed by atoms with Gasteiger partial charge in [0.2, 0.25) is 0 Å². The topological polar surface area (TPSA) is 12.5 Å². The van der Waals surface area contributed by atoms with Gasteiger partial charge in [0.15, 0.2) is 0 Å². The molecular weight excluding hydrogens is 160 g/mol. The zero-order valence-electron chi connectivity index (χ0n) is 6.92. The summed E-state index contributed by atoms with van der Waals surface area (Å²) in [5.41, 5.74) is 0. The molecule has 1 fully saturated rings. The number of ether oxygens (including phenoxy) is 1. The largest absolute Gasteiger partial charge is 0.368 e. The summed E-state index contributed by atoms with van der Waals surface area (Å²) in [6.07, 6.45) is 4.94. The fourth-order valence-corrected chi connectivity index (χ4v) is 1.57. The summed E-state index contributed by atoms with van der Waals surface area (Å²) in [7, 11) is 0. The molecule has 1 aliphatic rings. The molecular formula is C9H15ClO. The molecule has 1 rings (SSSR count). The molecule has 1 heterocycles. The quantitative estimate of drug-likeness (QED) is 0.355. The summed E-state index contributed by atoms with van der Waals surface area (Å²) in [5.74, 6) is 1.33. The van der Waals surface area contributed by atoms with Gasteiger partial charge in [0, 0.05) is 0 Å². The molecule has 0 bridgehead atoms. The minimum atomic E-state index is 0.337. The van der Waals surface area contributed by atoms with Crippen LogP contribution in [0.15, 0.2) is 12.7 Å². The first kappa shape index (κ1) is 9.08. The Bertz CT molecular complexity index is 136. The van der Waals surface area contributed by atoms with E-state index in [1.165, 1.54) is 0 Å². The monoisotopic (exact) mass is 174 g/mol. The van der Waals surface area contributed by atoms with E-state index in [2.05, 4.69) is 13.5 Å². The SMILES string of the molecule is C=CC[C@@H](C)C[C@H]1O[C@@H]1CCl. The third-order valence-electron chi connectivity index (χ3n) is 2.04. The lowest BCUT2D eigenvalue weighted by Gasteiger charge is -2.04. The van der Waals surface area contributed by atoms with Crippen LogP contribution < -0.4 is 0 Å². The molecule has 0 N–H and O–H groups in total. The molecule has 1 saturated heterocycles. The van der Waals surface area contributed by atoms with Crippen molar-refractivity contribution in [2.75, 3.05) is 5.88 Å². The van der Waals surface area contributed by atoms with E-state index in [0.717, 1.165) is 12.8 Å². The number of epoxide rings is 1. The first-order chi connectivity index (χ1) is 5.27. The number of halogens is 1. The van der Waals surface area contributed by atoms with Gasteiger partial charge in [-0.2, -0.15) is 0 Å². The highest BCUT2D eigenvalue weighted by Crippen LogP contribution is 2.30. The van der Waals surface area contributed by atoms with Gasteiger partial charge in [-0.3, -0.25) is 0 Å². The van der Waals surface area contributed by atoms with Crippen LogP contribution >= 0.6 is 11.6 Å². The van der Waals surface area contributed by atoms with Gasteiger partial charge in [-0.25, -0.2) is 0 Å². The van der Waals surface area contributed by atoms with Crippen molar-refractivity contribution < 1.29 is 4.74 Å². The summed E-state index contributed by atoms with van der Waals surface area (Å²) in [6.45, 7) is 5.92. The van der Waals surface area contributed by atoms with Gasteiger partial charge >= 0.3 is 0 Å². The Balaban J connectivity index is 2.07. The van der Waals surface area contributed by atoms with Gasteiger partial charge in [0.25, 0.3) is 0 Å². The Labute approximate surface area is 73.4 Å². The van der Waals surface area contributed by atoms with Crippen molar-refractivity contribution >= 4 is 11.6 Å². The van der Waals surface area contributed by atoms with E-state index in [0.29, 0.717) is 24.0 Å². The summed E-state index contributed by atoms with van der Waals surface area (Å²) in [4.78, 5) is 0. The lowest BCUT2D eigenvalue weighted by molar-refractivity contribution is 0.347. The van der Waals surface area contributed by atoms with Crippen LogP contribution in [-0.4, -0.2) is 18.1 Å². The second-order valence-electron chi connectivity index (χ2n) is 3.23. The van der Waals surface area contributed by atoms with Crippen LogP contribution in [0.4, 0.5) is 0 Å². The molecule has 0 radical (unpaired) electrons. The predicted molar refractivity (Wildman–Crippen MR) is 48.0 cm³/mol. The van der Waals surface area contributed by atoms with E-state index in [-0.39, 0.29) is 0 Å². The lowest BCUT2D eigenvalue weighted by Crippen LogP contribution is -2.02. The minimum absolute atomic E-state index is 0.337. The molecule has 1 aliphatic heterocycles. The Kier molecular flexibility index (Phi) is 3.41. The molecule has 11 heavy (non-hydrogen) atoms. The first-order valence-corrected chi connectivity index (χ1v) is 4.63. The zero-order valence-corrected chi connectivity index (χ0v) is 7.68. The van der Waals surface area contributed by atoms with Crippen molar-refractivity contribution in [1.82, 2.24) is 0 Å². The average molecular weight is 175 g/mol. The van der Waals surface area contributed by atoms with E-state index < -0.39 is 0 Å². The number of alkyl halides is 1. The fraction of sp³-hybridized carbons (Fsp3) is 0.778. The summed E-state index contributed by atoms with van der Waals surface area (Å²) in [5, 5.41) is 0. The van der Waals surface area contributed by atoms with Gasteiger partial charge in [0.1, 0.15) is 0 Å². The molecule has 0 unspecified atom stereocenters. The van der Waals surface area contributed by atoms with Crippen LogP contribution in [-0.2, 0) is 4.74 Å². The van der Waals surface area contributed by atoms with E-state index in [1.807, 2.05) is 6.08 Å². The molecule has 64 valence electrons. The van der Waals surface area contributed by atoms with Gasteiger partial charge < -0.3 is 4.74 Å². The van der Waals surface area contributed by atoms with Crippen LogP contribution in [0, 0.1) is 5.92 Å². The molecule has 0 aromatic heterocycles. The average Bonchev–Trinajstić information content (AvgIpc) is 2.68. The molecule has 0 spiro atoms. The molecule has 1 nitrogen and oxygen atoms in total. The summed E-state index contributed by atoms with van der Waals surface area (Å²) >= 11 is 5.61. The van der Waals surface area contributed by atoms with Gasteiger partial charge in [-0.15, -0.1) is 18.2 Å². The number of allylic oxidation sites excluding steroid dienone is 1.